The molecule has 1 amide bonds. The highest BCUT2D eigenvalue weighted by molar-refractivity contribution is 7.89. The van der Waals surface area contributed by atoms with Crippen molar-refractivity contribution in [3.63, 3.8) is 0 Å². The number of nitriles is 1. The number of nitrogens with zero attached hydrogens (tertiary/aromatic N) is 1. The number of carbonyl (C=O) groups excluding carboxylic acids is 1. The van der Waals surface area contributed by atoms with Crippen molar-refractivity contribution in [1.82, 2.24) is 4.72 Å². The van der Waals surface area contributed by atoms with Crippen LogP contribution in [0.25, 0.3) is 0 Å². The summed E-state index contributed by atoms with van der Waals surface area (Å²) >= 11 is 0. The molecule has 0 atom stereocenters. The van der Waals surface area contributed by atoms with Crippen molar-refractivity contribution in [1.29, 1.82) is 5.26 Å². The van der Waals surface area contributed by atoms with Crippen LogP contribution in [0.3, 0.4) is 0 Å². The number of hydrogen-bond donors (Lipinski definition) is 2. The van der Waals surface area contributed by atoms with Crippen LogP contribution >= 0.6 is 0 Å². The van der Waals surface area contributed by atoms with Crippen molar-refractivity contribution in [2.24, 2.45) is 0 Å². The predicted octanol–water partition coefficient (Wildman–Crippen LogP) is 1.79. The minimum absolute atomic E-state index is 0.0464. The molecule has 0 unspecified atom stereocenters. The van der Waals surface area contributed by atoms with Gasteiger partial charge >= 0.3 is 0 Å². The number of rotatable bonds is 6. The van der Waals surface area contributed by atoms with Gasteiger partial charge in [0.2, 0.25) is 15.9 Å². The summed E-state index contributed by atoms with van der Waals surface area (Å²) in [7, 11) is -2.33. The number of sulfonamides is 1. The van der Waals surface area contributed by atoms with E-state index >= 15 is 0 Å². The Labute approximate surface area is 146 Å². The Kier molecular flexibility index (Phi) is 5.75. The summed E-state index contributed by atoms with van der Waals surface area (Å²) in [4.78, 5) is 12.0. The Bertz CT molecular complexity index is 933. The van der Waals surface area contributed by atoms with E-state index in [1.54, 1.807) is 31.2 Å². The largest absolute Gasteiger partial charge is 0.496 e. The average Bonchev–Trinajstić information content (AvgIpc) is 2.60. The highest BCUT2D eigenvalue weighted by Gasteiger charge is 2.17. The second-order valence-electron chi connectivity index (χ2n) is 5.20. The molecule has 0 spiro atoms. The maximum absolute atomic E-state index is 12.3. The van der Waals surface area contributed by atoms with Crippen LogP contribution in [0, 0.1) is 18.3 Å². The van der Waals surface area contributed by atoms with Gasteiger partial charge in [-0.15, -0.1) is 0 Å². The van der Waals surface area contributed by atoms with E-state index in [1.807, 2.05) is 6.07 Å². The van der Waals surface area contributed by atoms with E-state index < -0.39 is 22.5 Å². The molecule has 0 aromatic heterocycles. The van der Waals surface area contributed by atoms with Gasteiger partial charge in [0.15, 0.2) is 0 Å². The van der Waals surface area contributed by atoms with Gasteiger partial charge in [0, 0.05) is 5.69 Å². The van der Waals surface area contributed by atoms with Crippen LogP contribution in [-0.4, -0.2) is 28.0 Å². The molecule has 0 saturated heterocycles. The van der Waals surface area contributed by atoms with Gasteiger partial charge in [0.25, 0.3) is 0 Å². The molecule has 2 aromatic carbocycles. The second kappa shape index (κ2) is 7.79. The molecule has 0 fully saturated rings. The molecular weight excluding hydrogens is 342 g/mol. The first-order valence-corrected chi connectivity index (χ1v) is 8.78. The number of ether oxygens (including phenoxy) is 1. The third kappa shape index (κ3) is 4.79. The lowest BCUT2D eigenvalue weighted by Gasteiger charge is -2.10. The Morgan fingerprint density at radius 3 is 2.64 bits per heavy atom. The normalized spacial score (nSPS) is 10.8. The van der Waals surface area contributed by atoms with Crippen molar-refractivity contribution in [3.8, 4) is 11.8 Å². The number of hydrogen-bond acceptors (Lipinski definition) is 5. The molecule has 130 valence electrons. The highest BCUT2D eigenvalue weighted by Crippen LogP contribution is 2.21. The maximum Gasteiger partial charge on any atom is 0.241 e. The van der Waals surface area contributed by atoms with Gasteiger partial charge in [-0.1, -0.05) is 6.07 Å². The van der Waals surface area contributed by atoms with E-state index in [-0.39, 0.29) is 4.90 Å². The Balaban J connectivity index is 2.02. The molecule has 25 heavy (non-hydrogen) atoms. The van der Waals surface area contributed by atoms with Crippen LogP contribution in [0.2, 0.25) is 0 Å². The molecule has 0 aliphatic heterocycles. The minimum Gasteiger partial charge on any atom is -0.496 e. The SMILES string of the molecule is COc1ccc(S(=O)(=O)NCC(=O)Nc2cccc(C#N)c2)cc1C. The van der Waals surface area contributed by atoms with E-state index in [0.717, 1.165) is 0 Å². The summed E-state index contributed by atoms with van der Waals surface area (Å²) in [5.74, 6) is 0.0398. The van der Waals surface area contributed by atoms with Gasteiger partial charge in [-0.2, -0.15) is 5.26 Å². The lowest BCUT2D eigenvalue weighted by Crippen LogP contribution is -2.33. The molecule has 2 aromatic rings. The molecule has 2 rings (SSSR count). The first-order chi connectivity index (χ1) is 11.9. The molecule has 2 N–H and O–H groups in total. The fraction of sp³-hybridized carbons (Fsp3) is 0.176. The van der Waals surface area contributed by atoms with Gasteiger partial charge in [-0.3, -0.25) is 4.79 Å². The summed E-state index contributed by atoms with van der Waals surface area (Å²) in [6.45, 7) is 1.30. The zero-order valence-electron chi connectivity index (χ0n) is 13.7. The minimum atomic E-state index is -3.83. The molecule has 8 heteroatoms. The van der Waals surface area contributed by atoms with E-state index in [4.69, 9.17) is 10.00 Å². The zero-order chi connectivity index (χ0) is 18.4. The smallest absolute Gasteiger partial charge is 0.241 e. The molecule has 0 radical (unpaired) electrons. The molecule has 0 bridgehead atoms. The van der Waals surface area contributed by atoms with Crippen LogP contribution < -0.4 is 14.8 Å². The summed E-state index contributed by atoms with van der Waals surface area (Å²) in [6, 6.07) is 12.7. The third-order valence-electron chi connectivity index (χ3n) is 3.37. The average molecular weight is 359 g/mol. The second-order valence-corrected chi connectivity index (χ2v) is 6.96. The Morgan fingerprint density at radius 2 is 2.00 bits per heavy atom. The van der Waals surface area contributed by atoms with Gasteiger partial charge in [0.05, 0.1) is 30.2 Å². The predicted molar refractivity (Wildman–Crippen MR) is 92.7 cm³/mol. The molecule has 7 nitrogen and oxygen atoms in total. The summed E-state index contributed by atoms with van der Waals surface area (Å²) in [5.41, 5.74) is 1.48. The van der Waals surface area contributed by atoms with Gasteiger partial charge in [-0.05, 0) is 48.9 Å². The summed E-state index contributed by atoms with van der Waals surface area (Å²) < 4.78 is 31.9. The topological polar surface area (TPSA) is 108 Å². The lowest BCUT2D eigenvalue weighted by molar-refractivity contribution is -0.115. The molecule has 0 aliphatic carbocycles. The van der Waals surface area contributed by atoms with E-state index in [9.17, 15) is 13.2 Å². The molecule has 0 saturated carbocycles. The quantitative estimate of drug-likeness (QED) is 0.817. The van der Waals surface area contributed by atoms with Gasteiger partial charge in [0.1, 0.15) is 5.75 Å². The van der Waals surface area contributed by atoms with Crippen LogP contribution in [0.4, 0.5) is 5.69 Å². The molecule has 0 aliphatic rings. The number of carbonyl (C=O) groups is 1. The van der Waals surface area contributed by atoms with Crippen molar-refractivity contribution in [2.45, 2.75) is 11.8 Å². The Hall–Kier alpha value is -2.89. The van der Waals surface area contributed by atoms with Gasteiger partial charge < -0.3 is 10.1 Å². The van der Waals surface area contributed by atoms with Crippen molar-refractivity contribution in [2.75, 3.05) is 19.0 Å². The molecular formula is C17H17N3O4S. The number of methoxy groups -OCH3 is 1. The fourth-order valence-electron chi connectivity index (χ4n) is 2.13. The monoisotopic (exact) mass is 359 g/mol. The van der Waals surface area contributed by atoms with Crippen LogP contribution in [0.15, 0.2) is 47.4 Å². The van der Waals surface area contributed by atoms with Crippen molar-refractivity contribution >= 4 is 21.6 Å². The number of amides is 1. The first kappa shape index (κ1) is 18.4. The van der Waals surface area contributed by atoms with Crippen LogP contribution in [0.5, 0.6) is 5.75 Å². The number of aryl methyl sites for hydroxylation is 1. The number of nitrogens with one attached hydrogen (secondary N) is 2. The maximum atomic E-state index is 12.3. The van der Waals surface area contributed by atoms with Crippen LogP contribution in [-0.2, 0) is 14.8 Å². The van der Waals surface area contributed by atoms with Crippen LogP contribution in [0.1, 0.15) is 11.1 Å². The van der Waals surface area contributed by atoms with Crippen molar-refractivity contribution < 1.29 is 17.9 Å². The van der Waals surface area contributed by atoms with Crippen molar-refractivity contribution in [3.05, 3.63) is 53.6 Å². The van der Waals surface area contributed by atoms with E-state index in [2.05, 4.69) is 10.0 Å². The third-order valence-corrected chi connectivity index (χ3v) is 4.77. The fourth-order valence-corrected chi connectivity index (χ4v) is 3.20. The Morgan fingerprint density at radius 1 is 1.24 bits per heavy atom. The van der Waals surface area contributed by atoms with Gasteiger partial charge in [-0.25, -0.2) is 13.1 Å². The lowest BCUT2D eigenvalue weighted by atomic mass is 10.2. The molecule has 0 heterocycles. The summed E-state index contributed by atoms with van der Waals surface area (Å²) in [6.07, 6.45) is 0. The number of benzene rings is 2. The van der Waals surface area contributed by atoms with E-state index in [1.165, 1.54) is 25.3 Å². The standard InChI is InChI=1S/C17H17N3O4S/c1-12-8-15(6-7-16(12)24-2)25(22,23)19-11-17(21)20-14-5-3-4-13(9-14)10-18/h3-9,19H,11H2,1-2H3,(H,20,21). The van der Waals surface area contributed by atoms with E-state index in [0.29, 0.717) is 22.6 Å². The highest BCUT2D eigenvalue weighted by atomic mass is 32.2. The summed E-state index contributed by atoms with van der Waals surface area (Å²) in [5, 5.41) is 11.4. The zero-order valence-corrected chi connectivity index (χ0v) is 14.6. The number of anilines is 1. The first-order valence-electron chi connectivity index (χ1n) is 7.30.